The van der Waals surface area contributed by atoms with E-state index in [0.29, 0.717) is 25.1 Å². The van der Waals surface area contributed by atoms with Crippen LogP contribution in [-0.4, -0.2) is 78.1 Å². The van der Waals surface area contributed by atoms with Gasteiger partial charge in [-0.25, -0.2) is 4.79 Å². The fraction of sp³-hybridized carbons (Fsp3) is 0.526. The molecule has 0 spiro atoms. The van der Waals surface area contributed by atoms with Gasteiger partial charge in [0, 0.05) is 51.3 Å². The van der Waals surface area contributed by atoms with E-state index in [1.54, 1.807) is 4.90 Å². The quantitative estimate of drug-likeness (QED) is 0.739. The van der Waals surface area contributed by atoms with Gasteiger partial charge in [0.05, 0.1) is 0 Å². The fourth-order valence-electron chi connectivity index (χ4n) is 2.65. The van der Waals surface area contributed by atoms with Crippen LogP contribution in [0.5, 0.6) is 0 Å². The van der Waals surface area contributed by atoms with Crippen LogP contribution in [0, 0.1) is 0 Å². The lowest BCUT2D eigenvalue weighted by atomic mass is 10.2. The Labute approximate surface area is 167 Å². The summed E-state index contributed by atoms with van der Waals surface area (Å²) >= 11 is 0. The number of halogens is 3. The van der Waals surface area contributed by atoms with Crippen molar-refractivity contribution in [2.45, 2.75) is 25.9 Å². The van der Waals surface area contributed by atoms with E-state index in [0.717, 1.165) is 32.6 Å². The Morgan fingerprint density at radius 3 is 2.14 bits per heavy atom. The number of nitrogens with zero attached hydrogens (tertiary/aromatic N) is 2. The van der Waals surface area contributed by atoms with Crippen LogP contribution in [0.3, 0.4) is 0 Å². The smallest absolute Gasteiger partial charge is 0.475 e. The van der Waals surface area contributed by atoms with Crippen molar-refractivity contribution in [2.24, 2.45) is 0 Å². The van der Waals surface area contributed by atoms with Gasteiger partial charge >= 0.3 is 12.1 Å². The normalized spacial score (nSPS) is 13.9. The second-order valence-corrected chi connectivity index (χ2v) is 6.34. The minimum absolute atomic E-state index is 0.00978. The zero-order chi connectivity index (χ0) is 21.9. The fourth-order valence-corrected chi connectivity index (χ4v) is 2.65. The van der Waals surface area contributed by atoms with Gasteiger partial charge in [0.15, 0.2) is 0 Å². The molecule has 0 bridgehead atoms. The van der Waals surface area contributed by atoms with Crippen molar-refractivity contribution < 1.29 is 32.7 Å². The monoisotopic (exact) mass is 417 g/mol. The number of aliphatic carboxylic acids is 1. The molecule has 0 atom stereocenters. The Balaban J connectivity index is 0.000000516. The first-order valence-corrected chi connectivity index (χ1v) is 9.29. The maximum Gasteiger partial charge on any atom is 0.490 e. The Morgan fingerprint density at radius 2 is 1.66 bits per heavy atom. The van der Waals surface area contributed by atoms with Crippen molar-refractivity contribution in [3.05, 3.63) is 35.9 Å². The van der Waals surface area contributed by atoms with Crippen LogP contribution in [0.15, 0.2) is 30.3 Å². The van der Waals surface area contributed by atoms with Crippen molar-refractivity contribution in [3.8, 4) is 0 Å². The van der Waals surface area contributed by atoms with Crippen LogP contribution in [0.1, 0.15) is 30.1 Å². The Morgan fingerprint density at radius 1 is 1.10 bits per heavy atom. The number of carbonyl (C=O) groups is 3. The summed E-state index contributed by atoms with van der Waals surface area (Å²) in [7, 11) is 0. The number of alkyl halides is 3. The predicted molar refractivity (Wildman–Crippen MR) is 100 cm³/mol. The standard InChI is InChI=1S/C17H25N3O2.C2HF3O2/c1-2-11-20(17(22)15-6-4-3-5-7-15)12-8-16(21)19-13-9-18-10-14-19;3-2(4,5)1(6)7/h3-7,18H,2,8-14H2,1H3;(H,6,7). The molecular weight excluding hydrogens is 391 g/mol. The molecule has 1 heterocycles. The SMILES string of the molecule is CCCN(CCC(=O)N1CCNCC1)C(=O)c1ccccc1.O=C(O)C(F)(F)F. The largest absolute Gasteiger partial charge is 0.490 e. The number of carboxylic acids is 1. The summed E-state index contributed by atoms with van der Waals surface area (Å²) < 4.78 is 31.7. The Bertz CT molecular complexity index is 662. The van der Waals surface area contributed by atoms with Gasteiger partial charge in [0.2, 0.25) is 5.91 Å². The number of carboxylic acid groups (broad SMARTS) is 1. The lowest BCUT2D eigenvalue weighted by molar-refractivity contribution is -0.192. The lowest BCUT2D eigenvalue weighted by Crippen LogP contribution is -2.47. The molecule has 10 heteroatoms. The molecule has 2 N–H and O–H groups in total. The second-order valence-electron chi connectivity index (χ2n) is 6.34. The zero-order valence-electron chi connectivity index (χ0n) is 16.2. The van der Waals surface area contributed by atoms with Crippen LogP contribution >= 0.6 is 0 Å². The maximum atomic E-state index is 12.5. The highest BCUT2D eigenvalue weighted by Crippen LogP contribution is 2.13. The molecule has 2 rings (SSSR count). The number of benzene rings is 1. The zero-order valence-corrected chi connectivity index (χ0v) is 16.2. The summed E-state index contributed by atoms with van der Waals surface area (Å²) in [5, 5.41) is 10.4. The molecule has 1 saturated heterocycles. The molecule has 1 aliphatic rings. The topological polar surface area (TPSA) is 90.0 Å². The number of amides is 2. The van der Waals surface area contributed by atoms with E-state index >= 15 is 0 Å². The Kier molecular flexibility index (Phi) is 10.1. The van der Waals surface area contributed by atoms with Crippen molar-refractivity contribution in [3.63, 3.8) is 0 Å². The minimum Gasteiger partial charge on any atom is -0.475 e. The van der Waals surface area contributed by atoms with E-state index in [-0.39, 0.29) is 11.8 Å². The van der Waals surface area contributed by atoms with Gasteiger partial charge in [0.25, 0.3) is 5.91 Å². The first-order chi connectivity index (χ1) is 13.7. The summed E-state index contributed by atoms with van der Waals surface area (Å²) in [6, 6.07) is 9.27. The highest BCUT2D eigenvalue weighted by Gasteiger charge is 2.38. The molecule has 162 valence electrons. The van der Waals surface area contributed by atoms with Gasteiger partial charge in [-0.1, -0.05) is 25.1 Å². The van der Waals surface area contributed by atoms with Gasteiger partial charge in [-0.15, -0.1) is 0 Å². The van der Waals surface area contributed by atoms with Crippen LogP contribution in [0.2, 0.25) is 0 Å². The number of carbonyl (C=O) groups excluding carboxylic acids is 2. The van der Waals surface area contributed by atoms with Crippen molar-refractivity contribution in [1.29, 1.82) is 0 Å². The number of rotatable bonds is 6. The molecule has 1 fully saturated rings. The molecular formula is C19H26F3N3O4. The van der Waals surface area contributed by atoms with Crippen LogP contribution in [0.25, 0.3) is 0 Å². The Hall–Kier alpha value is -2.62. The lowest BCUT2D eigenvalue weighted by Gasteiger charge is -2.29. The van der Waals surface area contributed by atoms with Gasteiger partial charge in [-0.3, -0.25) is 9.59 Å². The van der Waals surface area contributed by atoms with Gasteiger partial charge < -0.3 is 20.2 Å². The number of piperazine rings is 1. The molecule has 0 unspecified atom stereocenters. The predicted octanol–water partition coefficient (Wildman–Crippen LogP) is 1.99. The molecule has 0 radical (unpaired) electrons. The third-order valence-electron chi connectivity index (χ3n) is 4.11. The van der Waals surface area contributed by atoms with E-state index in [2.05, 4.69) is 5.32 Å². The highest BCUT2D eigenvalue weighted by atomic mass is 19.4. The molecule has 0 saturated carbocycles. The third-order valence-corrected chi connectivity index (χ3v) is 4.11. The highest BCUT2D eigenvalue weighted by molar-refractivity contribution is 5.94. The van der Waals surface area contributed by atoms with Crippen LogP contribution < -0.4 is 5.32 Å². The van der Waals surface area contributed by atoms with Crippen molar-refractivity contribution >= 4 is 17.8 Å². The summed E-state index contributed by atoms with van der Waals surface area (Å²) in [6.45, 7) is 6.45. The van der Waals surface area contributed by atoms with E-state index in [4.69, 9.17) is 9.90 Å². The number of nitrogens with one attached hydrogen (secondary N) is 1. The summed E-state index contributed by atoms with van der Waals surface area (Å²) in [4.78, 5) is 37.3. The van der Waals surface area contributed by atoms with Crippen LogP contribution in [0.4, 0.5) is 13.2 Å². The molecule has 1 aromatic carbocycles. The van der Waals surface area contributed by atoms with Gasteiger partial charge in [-0.2, -0.15) is 13.2 Å². The van der Waals surface area contributed by atoms with E-state index in [1.807, 2.05) is 42.2 Å². The molecule has 0 aromatic heterocycles. The van der Waals surface area contributed by atoms with Gasteiger partial charge in [-0.05, 0) is 18.6 Å². The third kappa shape index (κ3) is 8.95. The molecule has 1 aromatic rings. The van der Waals surface area contributed by atoms with Gasteiger partial charge in [0.1, 0.15) is 0 Å². The van der Waals surface area contributed by atoms with Crippen molar-refractivity contribution in [2.75, 3.05) is 39.3 Å². The first-order valence-electron chi connectivity index (χ1n) is 9.29. The maximum absolute atomic E-state index is 12.5. The average molecular weight is 417 g/mol. The summed E-state index contributed by atoms with van der Waals surface area (Å²) in [5.74, 6) is -2.61. The summed E-state index contributed by atoms with van der Waals surface area (Å²) in [6.07, 6.45) is -3.79. The molecule has 2 amide bonds. The summed E-state index contributed by atoms with van der Waals surface area (Å²) in [5.41, 5.74) is 0.686. The number of hydrogen-bond donors (Lipinski definition) is 2. The average Bonchev–Trinajstić information content (AvgIpc) is 2.71. The van der Waals surface area contributed by atoms with E-state index in [1.165, 1.54) is 0 Å². The van der Waals surface area contributed by atoms with Crippen molar-refractivity contribution in [1.82, 2.24) is 15.1 Å². The van der Waals surface area contributed by atoms with E-state index < -0.39 is 12.1 Å². The molecule has 7 nitrogen and oxygen atoms in total. The molecule has 1 aliphatic heterocycles. The molecule has 29 heavy (non-hydrogen) atoms. The first kappa shape index (κ1) is 24.4. The second kappa shape index (κ2) is 12.1. The minimum atomic E-state index is -5.08. The van der Waals surface area contributed by atoms with E-state index in [9.17, 15) is 22.8 Å². The molecule has 0 aliphatic carbocycles. The van der Waals surface area contributed by atoms with Crippen LogP contribution in [-0.2, 0) is 9.59 Å². The number of hydrogen-bond acceptors (Lipinski definition) is 4.